The van der Waals surface area contributed by atoms with Gasteiger partial charge in [-0.2, -0.15) is 0 Å². The van der Waals surface area contributed by atoms with E-state index in [2.05, 4.69) is 0 Å². The lowest BCUT2D eigenvalue weighted by molar-refractivity contribution is 0.0696. The standard InChI is InChI=1S/C15H11N3O6/c1-24-6-2-3-7(15(22)23)9(4-6)18-10(19)5-8-11(12(18)16)14(21)17-13(8)20/h2-5H,16H2,1H3,(H,22,23)(H,17,20,21). The topological polar surface area (TPSA) is 141 Å². The molecule has 0 radical (unpaired) electrons. The number of nitrogens with two attached hydrogens (primary N) is 1. The average molecular weight is 329 g/mol. The van der Waals surface area contributed by atoms with Gasteiger partial charge in [-0.3, -0.25) is 24.3 Å². The maximum atomic E-state index is 12.4. The van der Waals surface area contributed by atoms with Gasteiger partial charge in [-0.1, -0.05) is 0 Å². The molecule has 2 aromatic rings. The summed E-state index contributed by atoms with van der Waals surface area (Å²) in [6, 6.07) is 4.91. The lowest BCUT2D eigenvalue weighted by Gasteiger charge is -2.15. The Morgan fingerprint density at radius 1 is 1.21 bits per heavy atom. The summed E-state index contributed by atoms with van der Waals surface area (Å²) in [6.07, 6.45) is 0. The largest absolute Gasteiger partial charge is 0.497 e. The van der Waals surface area contributed by atoms with Gasteiger partial charge in [-0.05, 0) is 12.1 Å². The van der Waals surface area contributed by atoms with E-state index < -0.39 is 23.3 Å². The highest BCUT2D eigenvalue weighted by atomic mass is 16.5. The second kappa shape index (κ2) is 5.23. The first kappa shape index (κ1) is 15.3. The van der Waals surface area contributed by atoms with Crippen molar-refractivity contribution in [1.82, 2.24) is 9.88 Å². The Balaban J connectivity index is 2.39. The third-order valence-electron chi connectivity index (χ3n) is 3.63. The first-order chi connectivity index (χ1) is 11.3. The zero-order chi connectivity index (χ0) is 17.6. The van der Waals surface area contributed by atoms with Crippen LogP contribution < -0.4 is 21.3 Å². The lowest BCUT2D eigenvalue weighted by atomic mass is 10.1. The van der Waals surface area contributed by atoms with Gasteiger partial charge in [0.1, 0.15) is 11.6 Å². The molecule has 122 valence electrons. The fraction of sp³-hybridized carbons (Fsp3) is 0.0667. The van der Waals surface area contributed by atoms with Gasteiger partial charge in [0, 0.05) is 12.1 Å². The van der Waals surface area contributed by atoms with Gasteiger partial charge in [-0.15, -0.1) is 0 Å². The molecule has 2 heterocycles. The summed E-state index contributed by atoms with van der Waals surface area (Å²) in [5.74, 6) is -2.80. The number of nitrogen functional groups attached to an aromatic ring is 1. The fourth-order valence-electron chi connectivity index (χ4n) is 2.53. The number of nitrogens with zero attached hydrogens (tertiary/aromatic N) is 1. The van der Waals surface area contributed by atoms with Crippen LogP contribution in [0.2, 0.25) is 0 Å². The number of methoxy groups -OCH3 is 1. The number of carboxylic acids is 1. The van der Waals surface area contributed by atoms with E-state index in [0.29, 0.717) is 5.75 Å². The van der Waals surface area contributed by atoms with Crippen molar-refractivity contribution < 1.29 is 24.2 Å². The number of nitrogens with one attached hydrogen (secondary N) is 1. The highest BCUT2D eigenvalue weighted by Gasteiger charge is 2.32. The number of hydrogen-bond acceptors (Lipinski definition) is 6. The summed E-state index contributed by atoms with van der Waals surface area (Å²) >= 11 is 0. The van der Waals surface area contributed by atoms with Gasteiger partial charge in [0.15, 0.2) is 0 Å². The number of aromatic carboxylic acids is 1. The lowest BCUT2D eigenvalue weighted by Crippen LogP contribution is -2.25. The van der Waals surface area contributed by atoms with Crippen LogP contribution in [-0.4, -0.2) is 34.6 Å². The monoisotopic (exact) mass is 329 g/mol. The third-order valence-corrected chi connectivity index (χ3v) is 3.63. The molecule has 9 heteroatoms. The van der Waals surface area contributed by atoms with Crippen molar-refractivity contribution in [1.29, 1.82) is 0 Å². The van der Waals surface area contributed by atoms with Gasteiger partial charge in [0.05, 0.1) is 29.5 Å². The molecule has 0 fully saturated rings. The Bertz CT molecular complexity index is 976. The van der Waals surface area contributed by atoms with Crippen LogP contribution >= 0.6 is 0 Å². The fourth-order valence-corrected chi connectivity index (χ4v) is 2.53. The van der Waals surface area contributed by atoms with Crippen LogP contribution in [0, 0.1) is 0 Å². The third kappa shape index (κ3) is 2.10. The first-order valence-electron chi connectivity index (χ1n) is 6.68. The van der Waals surface area contributed by atoms with Gasteiger partial charge in [0.2, 0.25) is 0 Å². The van der Waals surface area contributed by atoms with E-state index >= 15 is 0 Å². The average Bonchev–Trinajstić information content (AvgIpc) is 2.81. The molecule has 9 nitrogen and oxygen atoms in total. The molecule has 2 amide bonds. The molecule has 0 saturated heterocycles. The Kier molecular flexibility index (Phi) is 3.33. The molecule has 0 spiro atoms. The number of ether oxygens (including phenoxy) is 1. The number of rotatable bonds is 3. The van der Waals surface area contributed by atoms with E-state index in [9.17, 15) is 24.3 Å². The summed E-state index contributed by atoms with van der Waals surface area (Å²) in [4.78, 5) is 47.3. The minimum absolute atomic E-state index is 0.0701. The van der Waals surface area contributed by atoms with Crippen LogP contribution in [0.25, 0.3) is 5.69 Å². The predicted octanol–water partition coefficient (Wildman–Crippen LogP) is 0.0101. The van der Waals surface area contributed by atoms with Crippen LogP contribution in [0.1, 0.15) is 31.1 Å². The van der Waals surface area contributed by atoms with Crippen molar-refractivity contribution >= 4 is 23.6 Å². The van der Waals surface area contributed by atoms with Crippen LogP contribution in [0.15, 0.2) is 29.1 Å². The summed E-state index contributed by atoms with van der Waals surface area (Å²) in [5.41, 5.74) is 4.56. The highest BCUT2D eigenvalue weighted by molar-refractivity contribution is 6.23. The van der Waals surface area contributed by atoms with Crippen molar-refractivity contribution in [2.75, 3.05) is 12.8 Å². The van der Waals surface area contributed by atoms with Gasteiger partial charge >= 0.3 is 5.97 Å². The van der Waals surface area contributed by atoms with Crippen molar-refractivity contribution in [3.8, 4) is 11.4 Å². The second-order valence-electron chi connectivity index (χ2n) is 4.96. The molecule has 3 rings (SSSR count). The number of benzene rings is 1. The number of carbonyl (C=O) groups is 3. The van der Waals surface area contributed by atoms with Crippen molar-refractivity contribution in [3.63, 3.8) is 0 Å². The van der Waals surface area contributed by atoms with Gasteiger partial charge < -0.3 is 15.6 Å². The smallest absolute Gasteiger partial charge is 0.337 e. The molecule has 24 heavy (non-hydrogen) atoms. The van der Waals surface area contributed by atoms with Crippen LogP contribution in [0.5, 0.6) is 5.75 Å². The zero-order valence-electron chi connectivity index (χ0n) is 12.3. The number of anilines is 1. The Labute approximate surface area is 134 Å². The molecule has 1 aromatic heterocycles. The number of pyridine rings is 1. The number of carbonyl (C=O) groups excluding carboxylic acids is 2. The predicted molar refractivity (Wildman–Crippen MR) is 81.8 cm³/mol. The van der Waals surface area contributed by atoms with Crippen molar-refractivity contribution in [2.24, 2.45) is 0 Å². The minimum Gasteiger partial charge on any atom is -0.497 e. The summed E-state index contributed by atoms with van der Waals surface area (Å²) in [6.45, 7) is 0. The number of fused-ring (bicyclic) bond motifs is 1. The highest BCUT2D eigenvalue weighted by Crippen LogP contribution is 2.27. The first-order valence-corrected chi connectivity index (χ1v) is 6.68. The number of aromatic nitrogens is 1. The summed E-state index contributed by atoms with van der Waals surface area (Å²) in [7, 11) is 1.38. The normalized spacial score (nSPS) is 12.7. The van der Waals surface area contributed by atoms with Crippen molar-refractivity contribution in [2.45, 2.75) is 0 Å². The van der Waals surface area contributed by atoms with Crippen LogP contribution in [-0.2, 0) is 0 Å². The molecule has 1 aliphatic heterocycles. The van der Waals surface area contributed by atoms with Gasteiger partial charge in [0.25, 0.3) is 17.4 Å². The zero-order valence-corrected chi connectivity index (χ0v) is 12.3. The molecule has 1 aliphatic rings. The van der Waals surface area contributed by atoms with E-state index in [1.165, 1.54) is 25.3 Å². The van der Waals surface area contributed by atoms with E-state index in [4.69, 9.17) is 10.5 Å². The number of imide groups is 1. The molecule has 0 atom stereocenters. The van der Waals surface area contributed by atoms with Gasteiger partial charge in [-0.25, -0.2) is 4.79 Å². The summed E-state index contributed by atoms with van der Waals surface area (Å²) < 4.78 is 5.90. The molecule has 1 aromatic carbocycles. The molecule has 0 bridgehead atoms. The molecule has 0 saturated carbocycles. The molecule has 4 N–H and O–H groups in total. The van der Waals surface area contributed by atoms with Crippen LogP contribution in [0.4, 0.5) is 5.82 Å². The molecular formula is C15H11N3O6. The second-order valence-corrected chi connectivity index (χ2v) is 4.96. The number of carboxylic acid groups (broad SMARTS) is 1. The quantitative estimate of drug-likeness (QED) is 0.674. The molecular weight excluding hydrogens is 318 g/mol. The van der Waals surface area contributed by atoms with E-state index in [1.807, 2.05) is 5.32 Å². The molecule has 0 unspecified atom stereocenters. The Morgan fingerprint density at radius 3 is 2.54 bits per heavy atom. The maximum Gasteiger partial charge on any atom is 0.337 e. The van der Waals surface area contributed by atoms with E-state index in [-0.39, 0.29) is 28.2 Å². The van der Waals surface area contributed by atoms with E-state index in [0.717, 1.165) is 10.6 Å². The van der Waals surface area contributed by atoms with Crippen LogP contribution in [0.3, 0.4) is 0 Å². The van der Waals surface area contributed by atoms with E-state index in [1.54, 1.807) is 0 Å². The Morgan fingerprint density at radius 2 is 1.92 bits per heavy atom. The maximum absolute atomic E-state index is 12.4. The number of hydrogen-bond donors (Lipinski definition) is 3. The minimum atomic E-state index is -1.29. The Hall–Kier alpha value is -3.62. The number of amides is 2. The SMILES string of the molecule is COc1ccc(C(=O)O)c(-n2c(N)c3c(cc2=O)C(=O)NC3=O)c1. The molecule has 0 aliphatic carbocycles. The van der Waals surface area contributed by atoms with Crippen molar-refractivity contribution in [3.05, 3.63) is 51.3 Å². The summed E-state index contributed by atoms with van der Waals surface area (Å²) in [5, 5.41) is 11.4.